The molecule has 0 radical (unpaired) electrons. The van der Waals surface area contributed by atoms with Crippen LogP contribution in [0.1, 0.15) is 36.8 Å². The highest BCUT2D eigenvalue weighted by Crippen LogP contribution is 2.41. The standard InChI is InChI=1S/C24H32Si2/c1-3-25(19-21-11-7-5-8-12-21)23-15-17-24(18-16-23)26(4-2)20-22-13-9-6-10-14-22/h3-14,23-26H,1-2,15-20H2. The van der Waals surface area contributed by atoms with Gasteiger partial charge in [-0.05, 0) is 23.2 Å². The fourth-order valence-electron chi connectivity index (χ4n) is 4.66. The molecule has 136 valence electrons. The predicted octanol–water partition coefficient (Wildman–Crippen LogP) is 5.77. The highest BCUT2D eigenvalue weighted by molar-refractivity contribution is 6.66. The number of rotatable bonds is 8. The smallest absolute Gasteiger partial charge is 0.0681 e. The van der Waals surface area contributed by atoms with Crippen LogP contribution in [0.2, 0.25) is 11.1 Å². The molecule has 1 aliphatic rings. The lowest BCUT2D eigenvalue weighted by Crippen LogP contribution is -2.30. The maximum Gasteiger partial charge on any atom is 0.0681 e. The van der Waals surface area contributed by atoms with Crippen molar-refractivity contribution in [1.29, 1.82) is 0 Å². The van der Waals surface area contributed by atoms with Crippen molar-refractivity contribution in [2.24, 2.45) is 0 Å². The van der Waals surface area contributed by atoms with Crippen LogP contribution in [-0.2, 0) is 12.1 Å². The lowest BCUT2D eigenvalue weighted by atomic mass is 9.99. The minimum atomic E-state index is -0.903. The van der Waals surface area contributed by atoms with Gasteiger partial charge in [0, 0.05) is 0 Å². The van der Waals surface area contributed by atoms with Gasteiger partial charge in [-0.1, -0.05) is 97.5 Å². The van der Waals surface area contributed by atoms with Crippen molar-refractivity contribution in [3.05, 3.63) is 96.3 Å². The predicted molar refractivity (Wildman–Crippen MR) is 121 cm³/mol. The van der Waals surface area contributed by atoms with E-state index in [1.165, 1.54) is 48.9 Å². The third-order valence-corrected chi connectivity index (χ3v) is 13.1. The molecule has 0 bridgehead atoms. The summed E-state index contributed by atoms with van der Waals surface area (Å²) < 4.78 is 0. The molecule has 0 amide bonds. The summed E-state index contributed by atoms with van der Waals surface area (Å²) in [5.74, 6) is 0. The second kappa shape index (κ2) is 9.89. The molecule has 2 unspecified atom stereocenters. The van der Waals surface area contributed by atoms with Crippen LogP contribution in [0.15, 0.2) is 85.2 Å². The Hall–Kier alpha value is -1.65. The monoisotopic (exact) mass is 376 g/mol. The largest absolute Gasteiger partial charge is 0.107 e. The number of hydrogen-bond acceptors (Lipinski definition) is 0. The fourth-order valence-corrected chi connectivity index (χ4v) is 10.5. The molecule has 0 heterocycles. The summed E-state index contributed by atoms with van der Waals surface area (Å²) in [6.45, 7) is 8.43. The van der Waals surface area contributed by atoms with Gasteiger partial charge in [0.05, 0.1) is 17.6 Å². The van der Waals surface area contributed by atoms with Crippen LogP contribution in [-0.4, -0.2) is 17.6 Å². The van der Waals surface area contributed by atoms with E-state index in [9.17, 15) is 0 Å². The van der Waals surface area contributed by atoms with E-state index in [-0.39, 0.29) is 0 Å². The number of benzene rings is 2. The maximum absolute atomic E-state index is 4.21. The Balaban J connectivity index is 1.55. The van der Waals surface area contributed by atoms with Gasteiger partial charge in [0.1, 0.15) is 0 Å². The normalized spacial score (nSPS) is 22.3. The van der Waals surface area contributed by atoms with E-state index < -0.39 is 17.6 Å². The van der Waals surface area contributed by atoms with Crippen molar-refractivity contribution in [2.45, 2.75) is 48.9 Å². The lowest BCUT2D eigenvalue weighted by Gasteiger charge is -2.34. The summed E-state index contributed by atoms with van der Waals surface area (Å²) in [5.41, 5.74) is 9.61. The first-order valence-electron chi connectivity index (χ1n) is 10.1. The van der Waals surface area contributed by atoms with E-state index in [0.717, 1.165) is 11.1 Å². The molecule has 0 aromatic heterocycles. The zero-order valence-corrected chi connectivity index (χ0v) is 18.2. The fraction of sp³-hybridized carbons (Fsp3) is 0.333. The Bertz CT molecular complexity index is 610. The Morgan fingerprint density at radius 1 is 0.654 bits per heavy atom. The molecule has 1 saturated carbocycles. The zero-order valence-electron chi connectivity index (χ0n) is 15.9. The molecule has 1 aliphatic carbocycles. The van der Waals surface area contributed by atoms with Crippen molar-refractivity contribution in [3.8, 4) is 0 Å². The first kappa shape index (κ1) is 19.1. The van der Waals surface area contributed by atoms with E-state index in [4.69, 9.17) is 0 Å². The van der Waals surface area contributed by atoms with E-state index in [1.807, 2.05) is 0 Å². The van der Waals surface area contributed by atoms with E-state index in [1.54, 1.807) is 0 Å². The molecule has 2 aromatic rings. The maximum atomic E-state index is 4.21. The van der Waals surface area contributed by atoms with Gasteiger partial charge in [0.15, 0.2) is 0 Å². The zero-order chi connectivity index (χ0) is 18.2. The Kier molecular flexibility index (Phi) is 7.27. The molecule has 3 rings (SSSR count). The SMILES string of the molecule is C=C[SiH](Cc1ccccc1)C1CCC([SiH](C=C)Cc2ccccc2)CC1. The second-order valence-electron chi connectivity index (χ2n) is 7.85. The molecule has 2 heteroatoms. The van der Waals surface area contributed by atoms with Gasteiger partial charge < -0.3 is 0 Å². The molecule has 2 aromatic carbocycles. The molecule has 26 heavy (non-hydrogen) atoms. The Morgan fingerprint density at radius 3 is 1.31 bits per heavy atom. The molecule has 0 nitrogen and oxygen atoms in total. The van der Waals surface area contributed by atoms with Crippen molar-refractivity contribution >= 4 is 17.6 Å². The summed E-state index contributed by atoms with van der Waals surface area (Å²) >= 11 is 0. The quantitative estimate of drug-likeness (QED) is 0.513. The van der Waals surface area contributed by atoms with Crippen LogP contribution >= 0.6 is 0 Å². The third-order valence-electron chi connectivity index (χ3n) is 6.26. The first-order chi connectivity index (χ1) is 12.8. The van der Waals surface area contributed by atoms with Crippen molar-refractivity contribution in [1.82, 2.24) is 0 Å². The van der Waals surface area contributed by atoms with Gasteiger partial charge in [-0.2, -0.15) is 0 Å². The molecule has 0 spiro atoms. The molecular weight excluding hydrogens is 344 g/mol. The number of hydrogen-bond donors (Lipinski definition) is 0. The van der Waals surface area contributed by atoms with Crippen molar-refractivity contribution < 1.29 is 0 Å². The average Bonchev–Trinajstić information content (AvgIpc) is 2.72. The van der Waals surface area contributed by atoms with Crippen LogP contribution in [0.5, 0.6) is 0 Å². The van der Waals surface area contributed by atoms with Gasteiger partial charge in [-0.3, -0.25) is 0 Å². The van der Waals surface area contributed by atoms with Crippen molar-refractivity contribution in [2.75, 3.05) is 0 Å². The van der Waals surface area contributed by atoms with Gasteiger partial charge in [-0.15, -0.1) is 24.6 Å². The van der Waals surface area contributed by atoms with Crippen LogP contribution < -0.4 is 0 Å². The van der Waals surface area contributed by atoms with Gasteiger partial charge >= 0.3 is 0 Å². The minimum absolute atomic E-state index is 0.903. The first-order valence-corrected chi connectivity index (χ1v) is 14.4. The molecule has 1 fully saturated rings. The minimum Gasteiger partial charge on any atom is -0.107 e. The van der Waals surface area contributed by atoms with Crippen LogP contribution in [0.25, 0.3) is 0 Å². The summed E-state index contributed by atoms with van der Waals surface area (Å²) in [6.07, 6.45) is 5.69. The van der Waals surface area contributed by atoms with Crippen LogP contribution in [0.3, 0.4) is 0 Å². The van der Waals surface area contributed by atoms with Gasteiger partial charge in [0.2, 0.25) is 0 Å². The van der Waals surface area contributed by atoms with Gasteiger partial charge in [0.25, 0.3) is 0 Å². The molecule has 0 aliphatic heterocycles. The second-order valence-corrected chi connectivity index (χ2v) is 14.2. The topological polar surface area (TPSA) is 0 Å². The summed E-state index contributed by atoms with van der Waals surface area (Å²) in [6, 6.07) is 24.6. The third kappa shape index (κ3) is 5.18. The summed E-state index contributed by atoms with van der Waals surface area (Å²) in [7, 11) is -1.81. The molecular formula is C24H32Si2. The van der Waals surface area contributed by atoms with Crippen LogP contribution in [0.4, 0.5) is 0 Å². The van der Waals surface area contributed by atoms with E-state index in [2.05, 4.69) is 85.2 Å². The van der Waals surface area contributed by atoms with Crippen molar-refractivity contribution in [3.63, 3.8) is 0 Å². The molecule has 0 saturated heterocycles. The lowest BCUT2D eigenvalue weighted by molar-refractivity contribution is 0.490. The molecule has 0 N–H and O–H groups in total. The summed E-state index contributed by atoms with van der Waals surface area (Å²) in [5, 5.41) is 0. The summed E-state index contributed by atoms with van der Waals surface area (Å²) in [4.78, 5) is 0. The Morgan fingerprint density at radius 2 is 1.00 bits per heavy atom. The van der Waals surface area contributed by atoms with E-state index in [0.29, 0.717) is 0 Å². The Labute approximate surface area is 162 Å². The highest BCUT2D eigenvalue weighted by atomic mass is 28.3. The molecule has 2 atom stereocenters. The average molecular weight is 377 g/mol. The van der Waals surface area contributed by atoms with Crippen LogP contribution in [0, 0.1) is 0 Å². The van der Waals surface area contributed by atoms with Gasteiger partial charge in [-0.25, -0.2) is 0 Å². The van der Waals surface area contributed by atoms with E-state index >= 15 is 0 Å². The highest BCUT2D eigenvalue weighted by Gasteiger charge is 2.30.